The summed E-state index contributed by atoms with van der Waals surface area (Å²) in [5, 5.41) is 24.1. The molecular weight excluding hydrogens is 332 g/mol. The van der Waals surface area contributed by atoms with Crippen molar-refractivity contribution in [1.29, 1.82) is 0 Å². The quantitative estimate of drug-likeness (QED) is 0.653. The fraction of sp³-hybridized carbons (Fsp3) is 0.333. The Bertz CT molecular complexity index is 887. The summed E-state index contributed by atoms with van der Waals surface area (Å²) in [7, 11) is 0. The first-order chi connectivity index (χ1) is 12.6. The number of hydrogen-bond acceptors (Lipinski definition) is 5. The van der Waals surface area contributed by atoms with Crippen LogP contribution in [0.3, 0.4) is 0 Å². The molecule has 0 bridgehead atoms. The molecule has 4 rings (SSSR count). The highest BCUT2D eigenvalue weighted by Crippen LogP contribution is 2.23. The minimum absolute atomic E-state index is 0.00452. The maximum absolute atomic E-state index is 12.7. The Labute approximate surface area is 150 Å². The number of nitrogens with one attached hydrogen (secondary N) is 2. The Hall–Kier alpha value is -3.00. The summed E-state index contributed by atoms with van der Waals surface area (Å²) in [5.41, 5.74) is 3.37. The van der Waals surface area contributed by atoms with Crippen LogP contribution in [0.25, 0.3) is 11.4 Å². The molecule has 3 N–H and O–H groups in total. The van der Waals surface area contributed by atoms with Crippen LogP contribution in [-0.4, -0.2) is 60.5 Å². The van der Waals surface area contributed by atoms with E-state index in [4.69, 9.17) is 0 Å². The molecule has 1 amide bonds. The summed E-state index contributed by atoms with van der Waals surface area (Å²) in [6, 6.07) is 9.20. The van der Waals surface area contributed by atoms with Gasteiger partial charge in [0, 0.05) is 35.8 Å². The van der Waals surface area contributed by atoms with Gasteiger partial charge in [-0.1, -0.05) is 12.1 Å². The van der Waals surface area contributed by atoms with Crippen molar-refractivity contribution in [2.45, 2.75) is 19.4 Å². The number of rotatable bonds is 4. The molecule has 8 nitrogen and oxygen atoms in total. The first-order valence-electron chi connectivity index (χ1n) is 8.54. The Morgan fingerprint density at radius 2 is 2.08 bits per heavy atom. The average Bonchev–Trinajstić information content (AvgIpc) is 3.38. The first kappa shape index (κ1) is 16.5. The molecule has 0 saturated carbocycles. The molecule has 1 fully saturated rings. The molecule has 2 atom stereocenters. The van der Waals surface area contributed by atoms with Gasteiger partial charge in [-0.15, -0.1) is 0 Å². The molecule has 8 heteroatoms. The van der Waals surface area contributed by atoms with Gasteiger partial charge in [-0.05, 0) is 31.5 Å². The van der Waals surface area contributed by atoms with E-state index in [0.29, 0.717) is 30.9 Å². The lowest BCUT2D eigenvalue weighted by molar-refractivity contribution is 0.0764. The molecule has 0 unspecified atom stereocenters. The smallest absolute Gasteiger partial charge is 0.253 e. The number of aliphatic hydroxyl groups excluding tert-OH is 1. The molecule has 3 aromatic rings. The molecule has 2 aromatic heterocycles. The molecule has 0 radical (unpaired) electrons. The fourth-order valence-corrected chi connectivity index (χ4v) is 3.37. The second-order valence-electron chi connectivity index (χ2n) is 6.70. The van der Waals surface area contributed by atoms with E-state index >= 15 is 0 Å². The number of carbonyl (C=O) groups is 1. The number of benzene rings is 1. The maximum Gasteiger partial charge on any atom is 0.253 e. The number of aromatic nitrogens is 5. The van der Waals surface area contributed by atoms with E-state index in [1.807, 2.05) is 25.1 Å². The van der Waals surface area contributed by atoms with Crippen LogP contribution in [-0.2, 0) is 6.42 Å². The van der Waals surface area contributed by atoms with Crippen molar-refractivity contribution in [3.05, 3.63) is 53.6 Å². The van der Waals surface area contributed by atoms with Crippen molar-refractivity contribution in [3.8, 4) is 11.4 Å². The lowest BCUT2D eigenvalue weighted by Crippen LogP contribution is -2.29. The monoisotopic (exact) mass is 352 g/mol. The van der Waals surface area contributed by atoms with Gasteiger partial charge in [-0.2, -0.15) is 10.2 Å². The van der Waals surface area contributed by atoms with Crippen LogP contribution in [0.4, 0.5) is 0 Å². The zero-order chi connectivity index (χ0) is 18.1. The van der Waals surface area contributed by atoms with Gasteiger partial charge >= 0.3 is 0 Å². The van der Waals surface area contributed by atoms with E-state index in [0.717, 1.165) is 17.0 Å². The second kappa shape index (κ2) is 6.72. The van der Waals surface area contributed by atoms with E-state index < -0.39 is 6.10 Å². The first-order valence-corrected chi connectivity index (χ1v) is 8.54. The molecule has 134 valence electrons. The van der Waals surface area contributed by atoms with Gasteiger partial charge in [0.15, 0.2) is 5.82 Å². The third-order valence-corrected chi connectivity index (χ3v) is 4.74. The molecular formula is C18H20N6O2. The minimum Gasteiger partial charge on any atom is -0.391 e. The van der Waals surface area contributed by atoms with Crippen LogP contribution in [0.5, 0.6) is 0 Å². The highest BCUT2D eigenvalue weighted by molar-refractivity contribution is 5.94. The highest BCUT2D eigenvalue weighted by Gasteiger charge is 2.34. The summed E-state index contributed by atoms with van der Waals surface area (Å²) >= 11 is 0. The molecule has 0 aliphatic carbocycles. The second-order valence-corrected chi connectivity index (χ2v) is 6.70. The molecule has 26 heavy (non-hydrogen) atoms. The molecule has 0 spiro atoms. The number of likely N-dealkylation sites (tertiary alicyclic amines) is 1. The maximum atomic E-state index is 12.7. The topological polar surface area (TPSA) is 111 Å². The number of aromatic amines is 2. The van der Waals surface area contributed by atoms with Crippen LogP contribution in [0.15, 0.2) is 36.7 Å². The Morgan fingerprint density at radius 3 is 2.73 bits per heavy atom. The normalized spacial score (nSPS) is 19.8. The fourth-order valence-electron chi connectivity index (χ4n) is 3.37. The molecule has 3 heterocycles. The summed E-state index contributed by atoms with van der Waals surface area (Å²) < 4.78 is 0. The van der Waals surface area contributed by atoms with Crippen LogP contribution in [0, 0.1) is 12.8 Å². The Morgan fingerprint density at radius 1 is 1.27 bits per heavy atom. The van der Waals surface area contributed by atoms with Crippen LogP contribution >= 0.6 is 0 Å². The zero-order valence-electron chi connectivity index (χ0n) is 14.4. The third kappa shape index (κ3) is 3.23. The van der Waals surface area contributed by atoms with Gasteiger partial charge in [0.1, 0.15) is 6.33 Å². The largest absolute Gasteiger partial charge is 0.391 e. The highest BCUT2D eigenvalue weighted by atomic mass is 16.3. The lowest BCUT2D eigenvalue weighted by atomic mass is 10.00. The molecule has 1 saturated heterocycles. The number of aryl methyl sites for hydroxylation is 1. The van der Waals surface area contributed by atoms with Crippen molar-refractivity contribution in [1.82, 2.24) is 30.3 Å². The van der Waals surface area contributed by atoms with Crippen molar-refractivity contribution < 1.29 is 9.90 Å². The number of β-amino-alcohol motifs (C(OH)–C–C–N with tert-alkyl or cyclic N) is 1. The number of carbonyl (C=O) groups excluding carboxylic acids is 1. The van der Waals surface area contributed by atoms with Gasteiger partial charge in [0.05, 0.1) is 11.8 Å². The SMILES string of the molecule is Cc1cc(C[C@@H]2CN(C(=O)c3ccc(-c4ncn[nH]4)cc3)C[C@H]2O)n[nH]1. The molecule has 1 aliphatic rings. The number of nitrogens with zero attached hydrogens (tertiary/aromatic N) is 4. The van der Waals surface area contributed by atoms with Crippen molar-refractivity contribution in [3.63, 3.8) is 0 Å². The predicted molar refractivity (Wildman–Crippen MR) is 94.2 cm³/mol. The van der Waals surface area contributed by atoms with E-state index in [9.17, 15) is 9.90 Å². The summed E-state index contributed by atoms with van der Waals surface area (Å²) in [4.78, 5) is 18.6. The van der Waals surface area contributed by atoms with E-state index in [1.54, 1.807) is 17.0 Å². The van der Waals surface area contributed by atoms with Gasteiger partial charge in [0.25, 0.3) is 5.91 Å². The van der Waals surface area contributed by atoms with Crippen LogP contribution in [0.2, 0.25) is 0 Å². The average molecular weight is 352 g/mol. The van der Waals surface area contributed by atoms with Crippen molar-refractivity contribution in [2.75, 3.05) is 13.1 Å². The van der Waals surface area contributed by atoms with Crippen molar-refractivity contribution >= 4 is 5.91 Å². The standard InChI is InChI=1S/C18H20N6O2/c1-11-6-15(22-21-11)7-14-8-24(9-16(14)25)18(26)13-4-2-12(3-5-13)17-19-10-20-23-17/h2-6,10,14,16,25H,7-9H2,1H3,(H,21,22)(H,19,20,23)/t14-,16-/m1/s1. The molecule has 1 aliphatic heterocycles. The number of amides is 1. The number of H-pyrrole nitrogens is 2. The van der Waals surface area contributed by atoms with Gasteiger partial charge in [-0.3, -0.25) is 15.0 Å². The van der Waals surface area contributed by atoms with E-state index in [2.05, 4.69) is 25.4 Å². The lowest BCUT2D eigenvalue weighted by Gasteiger charge is -2.16. The van der Waals surface area contributed by atoms with Crippen LogP contribution < -0.4 is 0 Å². The van der Waals surface area contributed by atoms with Gasteiger partial charge in [-0.25, -0.2) is 4.98 Å². The van der Waals surface area contributed by atoms with Gasteiger partial charge < -0.3 is 10.0 Å². The van der Waals surface area contributed by atoms with E-state index in [1.165, 1.54) is 6.33 Å². The van der Waals surface area contributed by atoms with Crippen molar-refractivity contribution in [2.24, 2.45) is 5.92 Å². The third-order valence-electron chi connectivity index (χ3n) is 4.74. The Balaban J connectivity index is 1.43. The number of aliphatic hydroxyl groups is 1. The molecule has 1 aromatic carbocycles. The summed E-state index contributed by atoms with van der Waals surface area (Å²) in [5.74, 6) is 0.582. The van der Waals surface area contributed by atoms with Gasteiger partial charge in [0.2, 0.25) is 0 Å². The van der Waals surface area contributed by atoms with E-state index in [-0.39, 0.29) is 11.8 Å². The minimum atomic E-state index is -0.538. The zero-order valence-corrected chi connectivity index (χ0v) is 14.4. The summed E-state index contributed by atoms with van der Waals surface area (Å²) in [6.07, 6.45) is 1.56. The Kier molecular flexibility index (Phi) is 4.26. The summed E-state index contributed by atoms with van der Waals surface area (Å²) in [6.45, 7) is 2.81. The number of hydrogen-bond donors (Lipinski definition) is 3. The predicted octanol–water partition coefficient (Wildman–Crippen LogP) is 1.18. The van der Waals surface area contributed by atoms with Crippen LogP contribution in [0.1, 0.15) is 21.7 Å².